The molecule has 78 valence electrons. The Kier molecular flexibility index (Phi) is 1.57. The van der Waals surface area contributed by atoms with Crippen molar-refractivity contribution in [3.05, 3.63) is 26.7 Å². The van der Waals surface area contributed by atoms with E-state index in [0.717, 1.165) is 0 Å². The van der Waals surface area contributed by atoms with Gasteiger partial charge in [-0.3, -0.25) is 14.8 Å². The van der Waals surface area contributed by atoms with Crippen molar-refractivity contribution in [2.24, 2.45) is 0 Å². The van der Waals surface area contributed by atoms with Gasteiger partial charge in [-0.15, -0.1) is 0 Å². The molecule has 0 saturated carbocycles. The van der Waals surface area contributed by atoms with Crippen LogP contribution in [0.2, 0.25) is 0 Å². The van der Waals surface area contributed by atoms with Crippen LogP contribution in [0.3, 0.4) is 0 Å². The van der Waals surface area contributed by atoms with E-state index in [2.05, 4.69) is 15.0 Å². The summed E-state index contributed by atoms with van der Waals surface area (Å²) in [7, 11) is 0. The Balaban J connectivity index is 2.47. The van der Waals surface area contributed by atoms with Gasteiger partial charge in [-0.25, -0.2) is 9.78 Å². The van der Waals surface area contributed by atoms with E-state index < -0.39 is 11.2 Å². The number of nitrogens with one attached hydrogen (secondary N) is 2. The molecule has 0 saturated heterocycles. The lowest BCUT2D eigenvalue weighted by molar-refractivity contribution is 0.0830. The van der Waals surface area contributed by atoms with Crippen LogP contribution in [0.15, 0.2) is 9.59 Å². The first kappa shape index (κ1) is 8.42. The summed E-state index contributed by atoms with van der Waals surface area (Å²) in [6, 6.07) is 0. The van der Waals surface area contributed by atoms with Crippen LogP contribution >= 0.6 is 0 Å². The molecule has 1 aliphatic rings. The molecular weight excluding hydrogens is 200 g/mol. The quantitative estimate of drug-likeness (QED) is 0.577. The maximum atomic E-state index is 11.6. The highest BCUT2D eigenvalue weighted by Crippen LogP contribution is 2.13. The molecule has 0 aliphatic carbocycles. The summed E-state index contributed by atoms with van der Waals surface area (Å²) in [5, 5.41) is 0. The van der Waals surface area contributed by atoms with Gasteiger partial charge >= 0.3 is 5.69 Å². The van der Waals surface area contributed by atoms with Crippen molar-refractivity contribution in [1.82, 2.24) is 19.5 Å². The van der Waals surface area contributed by atoms with Crippen molar-refractivity contribution in [3.8, 4) is 0 Å². The van der Waals surface area contributed by atoms with Crippen LogP contribution in [0.1, 0.15) is 5.82 Å². The number of hydrogen-bond donors (Lipinski definition) is 2. The normalized spacial score (nSPS) is 15.5. The SMILES string of the molecule is O=c1[nH]c(=O)c2c(nc3n2CCOC3)[nH]1. The van der Waals surface area contributed by atoms with Crippen LogP contribution in [0, 0.1) is 0 Å². The minimum Gasteiger partial charge on any atom is -0.372 e. The summed E-state index contributed by atoms with van der Waals surface area (Å²) in [4.78, 5) is 31.4. The van der Waals surface area contributed by atoms with Crippen LogP contribution in [-0.2, 0) is 17.9 Å². The largest absolute Gasteiger partial charge is 0.372 e. The molecule has 0 unspecified atom stereocenters. The summed E-state index contributed by atoms with van der Waals surface area (Å²) < 4.78 is 6.98. The number of aromatic amines is 2. The van der Waals surface area contributed by atoms with Gasteiger partial charge in [0.2, 0.25) is 0 Å². The molecule has 2 N–H and O–H groups in total. The molecule has 1 aliphatic heterocycles. The van der Waals surface area contributed by atoms with Crippen molar-refractivity contribution < 1.29 is 4.74 Å². The second kappa shape index (κ2) is 2.80. The lowest BCUT2D eigenvalue weighted by atomic mass is 10.4. The van der Waals surface area contributed by atoms with Crippen LogP contribution in [0.4, 0.5) is 0 Å². The highest BCUT2D eigenvalue weighted by Gasteiger charge is 2.17. The molecule has 7 nitrogen and oxygen atoms in total. The average molecular weight is 208 g/mol. The maximum absolute atomic E-state index is 11.6. The van der Waals surface area contributed by atoms with Gasteiger partial charge in [0.25, 0.3) is 5.56 Å². The van der Waals surface area contributed by atoms with Gasteiger partial charge in [-0.05, 0) is 0 Å². The van der Waals surface area contributed by atoms with Crippen molar-refractivity contribution in [3.63, 3.8) is 0 Å². The smallest absolute Gasteiger partial charge is 0.327 e. The van der Waals surface area contributed by atoms with Crippen molar-refractivity contribution in [2.45, 2.75) is 13.2 Å². The summed E-state index contributed by atoms with van der Waals surface area (Å²) in [6.45, 7) is 1.51. The average Bonchev–Trinajstić information content (AvgIpc) is 2.54. The summed E-state index contributed by atoms with van der Waals surface area (Å²) >= 11 is 0. The first-order valence-corrected chi connectivity index (χ1v) is 4.55. The van der Waals surface area contributed by atoms with Gasteiger partial charge in [0.1, 0.15) is 12.4 Å². The molecule has 0 bridgehead atoms. The number of H-pyrrole nitrogens is 2. The number of nitrogens with zero attached hydrogens (tertiary/aromatic N) is 2. The number of imidazole rings is 1. The lowest BCUT2D eigenvalue weighted by Gasteiger charge is -2.13. The standard InChI is InChI=1S/C8H8N4O3/c13-7-5-6(10-8(14)11-7)9-4-3-15-2-1-12(4)5/h1-3H2,(H2,10,11,13,14). The highest BCUT2D eigenvalue weighted by molar-refractivity contribution is 5.70. The second-order valence-electron chi connectivity index (χ2n) is 3.34. The molecule has 0 atom stereocenters. The van der Waals surface area contributed by atoms with Gasteiger partial charge in [0, 0.05) is 6.54 Å². The maximum Gasteiger partial charge on any atom is 0.327 e. The van der Waals surface area contributed by atoms with E-state index >= 15 is 0 Å². The number of rotatable bonds is 0. The van der Waals surface area contributed by atoms with Crippen LogP contribution < -0.4 is 11.2 Å². The third-order valence-corrected chi connectivity index (χ3v) is 2.41. The zero-order valence-corrected chi connectivity index (χ0v) is 7.74. The number of fused-ring (bicyclic) bond motifs is 3. The molecule has 3 rings (SSSR count). The second-order valence-corrected chi connectivity index (χ2v) is 3.34. The van der Waals surface area contributed by atoms with E-state index in [0.29, 0.717) is 36.7 Å². The van der Waals surface area contributed by atoms with Gasteiger partial charge in [-0.2, -0.15) is 0 Å². The zero-order valence-electron chi connectivity index (χ0n) is 7.74. The number of aromatic nitrogens is 4. The number of hydrogen-bond acceptors (Lipinski definition) is 4. The molecule has 0 radical (unpaired) electrons. The van der Waals surface area contributed by atoms with Crippen LogP contribution in [0.5, 0.6) is 0 Å². The highest BCUT2D eigenvalue weighted by atomic mass is 16.5. The third-order valence-electron chi connectivity index (χ3n) is 2.41. The minimum absolute atomic E-state index is 0.323. The van der Waals surface area contributed by atoms with E-state index in [9.17, 15) is 9.59 Å². The fourth-order valence-electron chi connectivity index (χ4n) is 1.79. The Morgan fingerprint density at radius 3 is 3.07 bits per heavy atom. The molecule has 7 heteroatoms. The van der Waals surface area contributed by atoms with Crippen molar-refractivity contribution in [1.29, 1.82) is 0 Å². The third kappa shape index (κ3) is 1.13. The van der Waals surface area contributed by atoms with E-state index in [1.807, 2.05) is 0 Å². The zero-order chi connectivity index (χ0) is 10.4. The topological polar surface area (TPSA) is 92.8 Å². The molecule has 0 amide bonds. The molecule has 2 aromatic heterocycles. The Labute approximate surface area is 82.7 Å². The minimum atomic E-state index is -0.538. The summed E-state index contributed by atoms with van der Waals surface area (Å²) in [5.41, 5.74) is -0.213. The van der Waals surface area contributed by atoms with E-state index in [1.165, 1.54) is 0 Å². The van der Waals surface area contributed by atoms with Gasteiger partial charge in [0.05, 0.1) is 6.61 Å². The van der Waals surface area contributed by atoms with Crippen LogP contribution in [-0.4, -0.2) is 26.1 Å². The number of ether oxygens (including phenoxy) is 1. The molecule has 15 heavy (non-hydrogen) atoms. The summed E-state index contributed by atoms with van der Waals surface area (Å²) in [5.74, 6) is 0.670. The lowest BCUT2D eigenvalue weighted by Crippen LogP contribution is -2.25. The van der Waals surface area contributed by atoms with Crippen molar-refractivity contribution in [2.75, 3.05) is 6.61 Å². The Morgan fingerprint density at radius 1 is 1.33 bits per heavy atom. The Morgan fingerprint density at radius 2 is 2.20 bits per heavy atom. The molecule has 0 spiro atoms. The first-order valence-electron chi connectivity index (χ1n) is 4.55. The predicted octanol–water partition coefficient (Wildman–Crippen LogP) is -1.06. The monoisotopic (exact) mass is 208 g/mol. The van der Waals surface area contributed by atoms with Gasteiger partial charge < -0.3 is 9.30 Å². The van der Waals surface area contributed by atoms with E-state index in [4.69, 9.17) is 4.74 Å². The molecule has 3 heterocycles. The van der Waals surface area contributed by atoms with Gasteiger partial charge in [-0.1, -0.05) is 0 Å². The molecule has 0 fully saturated rings. The fraction of sp³-hybridized carbons (Fsp3) is 0.375. The predicted molar refractivity (Wildman–Crippen MR) is 50.6 cm³/mol. The Bertz CT molecular complexity index is 635. The molecule has 0 aromatic carbocycles. The van der Waals surface area contributed by atoms with E-state index in [-0.39, 0.29) is 0 Å². The molecular formula is C8H8N4O3. The Hall–Kier alpha value is -1.89. The van der Waals surface area contributed by atoms with Gasteiger partial charge in [0.15, 0.2) is 11.2 Å². The fourth-order valence-corrected chi connectivity index (χ4v) is 1.79. The van der Waals surface area contributed by atoms with E-state index in [1.54, 1.807) is 4.57 Å². The van der Waals surface area contributed by atoms with Crippen molar-refractivity contribution >= 4 is 11.2 Å². The molecule has 2 aromatic rings. The summed E-state index contributed by atoms with van der Waals surface area (Å²) in [6.07, 6.45) is 0. The first-order chi connectivity index (χ1) is 7.25. The van der Waals surface area contributed by atoms with Crippen LogP contribution in [0.25, 0.3) is 11.2 Å².